The fourth-order valence-corrected chi connectivity index (χ4v) is 6.39. The number of hydrogen-bond donors (Lipinski definition) is 4. The van der Waals surface area contributed by atoms with Crippen molar-refractivity contribution in [2.45, 2.75) is 31.4 Å². The van der Waals surface area contributed by atoms with Crippen LogP contribution in [0.3, 0.4) is 0 Å². The van der Waals surface area contributed by atoms with Crippen LogP contribution in [0, 0.1) is 11.3 Å². The second-order valence-electron chi connectivity index (χ2n) is 10.4. The number of phenols is 1. The fourth-order valence-electron chi connectivity index (χ4n) is 6.39. The number of anilines is 1. The summed E-state index contributed by atoms with van der Waals surface area (Å²) in [6, 6.07) is 2.02. The van der Waals surface area contributed by atoms with E-state index in [9.17, 15) is 34.8 Å². The van der Waals surface area contributed by atoms with E-state index >= 15 is 0 Å². The zero-order valence-corrected chi connectivity index (χ0v) is 21.2. The number of phenolic OH excluding ortho intramolecular Hbond substituents is 1. The summed E-state index contributed by atoms with van der Waals surface area (Å²) in [7, 11) is 8.26. The van der Waals surface area contributed by atoms with Crippen LogP contribution in [-0.2, 0) is 25.5 Å². The van der Waals surface area contributed by atoms with Gasteiger partial charge in [0, 0.05) is 38.2 Å². The standard InChI is InChI=1S/C26H32N2O8/c1-12(29)17-22(32)20(28(4)5)14-10-25(11-36-6)9-13-15(27(2)3)7-8-16(30)18(13)21(31)19(25)24(34)26(14,35)23(17)33/h7-8,14,20,30-31,33,35H,9-11H2,1-6H3/t14-,20-,25-,26+/m0/s1. The Bertz CT molecular complexity index is 1250. The predicted molar refractivity (Wildman–Crippen MR) is 131 cm³/mol. The molecular weight excluding hydrogens is 468 g/mol. The van der Waals surface area contributed by atoms with E-state index in [1.54, 1.807) is 20.2 Å². The molecule has 4 N–H and O–H groups in total. The van der Waals surface area contributed by atoms with E-state index in [0.29, 0.717) is 11.3 Å². The summed E-state index contributed by atoms with van der Waals surface area (Å²) in [4.78, 5) is 43.2. The van der Waals surface area contributed by atoms with Crippen molar-refractivity contribution in [3.63, 3.8) is 0 Å². The number of aliphatic hydroxyl groups is 3. The Morgan fingerprint density at radius 3 is 2.31 bits per heavy atom. The van der Waals surface area contributed by atoms with Crippen molar-refractivity contribution in [3.05, 3.63) is 40.2 Å². The van der Waals surface area contributed by atoms with E-state index in [4.69, 9.17) is 4.74 Å². The second kappa shape index (κ2) is 8.43. The summed E-state index contributed by atoms with van der Waals surface area (Å²) in [5, 5.41) is 45.0. The quantitative estimate of drug-likeness (QED) is 0.434. The summed E-state index contributed by atoms with van der Waals surface area (Å²) < 4.78 is 5.52. The summed E-state index contributed by atoms with van der Waals surface area (Å²) in [5.74, 6) is -5.40. The van der Waals surface area contributed by atoms with E-state index in [0.717, 1.165) is 6.92 Å². The topological polar surface area (TPSA) is 148 Å². The third-order valence-corrected chi connectivity index (χ3v) is 7.81. The molecule has 0 spiro atoms. The van der Waals surface area contributed by atoms with Gasteiger partial charge >= 0.3 is 0 Å². The summed E-state index contributed by atoms with van der Waals surface area (Å²) >= 11 is 0. The van der Waals surface area contributed by atoms with Gasteiger partial charge in [0.2, 0.25) is 5.78 Å². The third-order valence-electron chi connectivity index (χ3n) is 7.81. The number of likely N-dealkylation sites (N-methyl/N-ethyl adjacent to an activating group) is 1. The smallest absolute Gasteiger partial charge is 0.202 e. The lowest BCUT2D eigenvalue weighted by Gasteiger charge is -2.54. The number of methoxy groups -OCH3 is 1. The molecule has 0 bridgehead atoms. The Kier molecular flexibility index (Phi) is 6.06. The van der Waals surface area contributed by atoms with Crippen LogP contribution in [0.5, 0.6) is 5.75 Å². The van der Waals surface area contributed by atoms with E-state index in [1.165, 1.54) is 18.1 Å². The number of aromatic hydroxyl groups is 1. The molecular formula is C26H32N2O8. The largest absolute Gasteiger partial charge is 0.508 e. The number of hydrogen-bond acceptors (Lipinski definition) is 10. The van der Waals surface area contributed by atoms with Gasteiger partial charge in [0.15, 0.2) is 17.2 Å². The first kappa shape index (κ1) is 25.9. The number of carbonyl (C=O) groups excluding carboxylic acids is 3. The molecule has 1 aromatic rings. The number of ketones is 3. The van der Waals surface area contributed by atoms with Crippen LogP contribution in [0.1, 0.15) is 24.5 Å². The van der Waals surface area contributed by atoms with Gasteiger partial charge < -0.3 is 30.1 Å². The normalized spacial score (nSPS) is 29.8. The van der Waals surface area contributed by atoms with Crippen LogP contribution >= 0.6 is 0 Å². The fraction of sp³-hybridized carbons (Fsp3) is 0.500. The highest BCUT2D eigenvalue weighted by molar-refractivity contribution is 6.25. The highest BCUT2D eigenvalue weighted by Gasteiger charge is 2.67. The maximum absolute atomic E-state index is 14.1. The second-order valence-corrected chi connectivity index (χ2v) is 10.4. The third kappa shape index (κ3) is 3.24. The van der Waals surface area contributed by atoms with E-state index in [-0.39, 0.29) is 36.3 Å². The number of fused-ring (bicyclic) bond motifs is 3. The van der Waals surface area contributed by atoms with Gasteiger partial charge in [-0.1, -0.05) is 0 Å². The van der Waals surface area contributed by atoms with Crippen molar-refractivity contribution in [2.75, 3.05) is 46.8 Å². The van der Waals surface area contributed by atoms with Crippen molar-refractivity contribution in [2.24, 2.45) is 11.3 Å². The van der Waals surface area contributed by atoms with Crippen LogP contribution in [-0.4, -0.2) is 96.2 Å². The van der Waals surface area contributed by atoms with Crippen LogP contribution in [0.25, 0.3) is 5.76 Å². The van der Waals surface area contributed by atoms with Crippen molar-refractivity contribution >= 4 is 28.8 Å². The molecule has 3 aliphatic carbocycles. The molecule has 36 heavy (non-hydrogen) atoms. The summed E-state index contributed by atoms with van der Waals surface area (Å²) in [6.45, 7) is 1.04. The molecule has 1 fully saturated rings. The number of rotatable bonds is 5. The monoisotopic (exact) mass is 500 g/mol. The van der Waals surface area contributed by atoms with Crippen molar-refractivity contribution < 1.29 is 39.5 Å². The molecule has 10 heteroatoms. The Labute approximate surface area is 209 Å². The van der Waals surface area contributed by atoms with Crippen molar-refractivity contribution in [1.29, 1.82) is 0 Å². The summed E-state index contributed by atoms with van der Waals surface area (Å²) in [6.07, 6.45) is 0.141. The molecule has 4 atom stereocenters. The highest BCUT2D eigenvalue weighted by atomic mass is 16.5. The number of ether oxygens (including phenoxy) is 1. The molecule has 4 rings (SSSR count). The summed E-state index contributed by atoms with van der Waals surface area (Å²) in [5.41, 5.74) is -3.29. The van der Waals surface area contributed by atoms with Crippen molar-refractivity contribution in [1.82, 2.24) is 4.90 Å². The Morgan fingerprint density at radius 2 is 1.78 bits per heavy atom. The highest BCUT2D eigenvalue weighted by Crippen LogP contribution is 2.59. The van der Waals surface area contributed by atoms with Gasteiger partial charge in [-0.05, 0) is 51.6 Å². The van der Waals surface area contributed by atoms with Gasteiger partial charge in [-0.2, -0.15) is 0 Å². The van der Waals surface area contributed by atoms with Gasteiger partial charge in [0.05, 0.1) is 23.8 Å². The molecule has 0 aliphatic heterocycles. The average Bonchev–Trinajstić information content (AvgIpc) is 2.76. The van der Waals surface area contributed by atoms with E-state index in [1.807, 2.05) is 19.0 Å². The Morgan fingerprint density at radius 1 is 1.14 bits per heavy atom. The number of Topliss-reactive ketones (excluding diaryl/α,β-unsaturated/α-hetero) is 3. The van der Waals surface area contributed by atoms with Gasteiger partial charge in [-0.15, -0.1) is 0 Å². The molecule has 3 aliphatic rings. The zero-order valence-electron chi connectivity index (χ0n) is 21.2. The van der Waals surface area contributed by atoms with Gasteiger partial charge in [0.1, 0.15) is 22.8 Å². The van der Waals surface area contributed by atoms with Crippen molar-refractivity contribution in [3.8, 4) is 5.75 Å². The molecule has 0 saturated heterocycles. The molecule has 1 aromatic carbocycles. The first-order valence-corrected chi connectivity index (χ1v) is 11.6. The molecule has 0 radical (unpaired) electrons. The first-order valence-electron chi connectivity index (χ1n) is 11.6. The van der Waals surface area contributed by atoms with E-state index < -0.39 is 57.4 Å². The maximum Gasteiger partial charge on any atom is 0.202 e. The Balaban J connectivity index is 2.09. The number of carbonyl (C=O) groups is 3. The van der Waals surface area contributed by atoms with Crippen LogP contribution in [0.15, 0.2) is 29.0 Å². The first-order chi connectivity index (χ1) is 16.7. The van der Waals surface area contributed by atoms with Gasteiger partial charge in [0.25, 0.3) is 0 Å². The number of benzene rings is 1. The minimum atomic E-state index is -2.63. The molecule has 1 saturated carbocycles. The lowest BCUT2D eigenvalue weighted by molar-refractivity contribution is -0.158. The van der Waals surface area contributed by atoms with Crippen LogP contribution in [0.2, 0.25) is 0 Å². The molecule has 0 aromatic heterocycles. The number of aliphatic hydroxyl groups excluding tert-OH is 2. The van der Waals surface area contributed by atoms with Gasteiger partial charge in [-0.25, -0.2) is 0 Å². The lowest BCUT2D eigenvalue weighted by atomic mass is 9.51. The average molecular weight is 501 g/mol. The molecule has 0 heterocycles. The molecule has 0 amide bonds. The maximum atomic E-state index is 14.1. The predicted octanol–water partition coefficient (Wildman–Crippen LogP) is 1.15. The van der Waals surface area contributed by atoms with Crippen LogP contribution < -0.4 is 4.90 Å². The SMILES string of the molecule is COC[C@@]12Cc3c(N(C)C)ccc(O)c3C(O)=C1C(=O)[C@]1(O)C(O)=C(C(C)=O)C(=O)[C@@H](N(C)C)[C@@H]1C2. The Hall–Kier alpha value is -3.21. The molecule has 194 valence electrons. The van der Waals surface area contributed by atoms with Crippen LogP contribution in [0.4, 0.5) is 5.69 Å². The minimum absolute atomic E-state index is 0.0196. The molecule has 0 unspecified atom stereocenters. The van der Waals surface area contributed by atoms with Gasteiger partial charge in [-0.3, -0.25) is 19.3 Å². The lowest BCUT2D eigenvalue weighted by Crippen LogP contribution is -2.67. The number of nitrogens with zero attached hydrogens (tertiary/aromatic N) is 2. The molecule has 10 nitrogen and oxygen atoms in total. The zero-order chi connectivity index (χ0) is 26.9. The van der Waals surface area contributed by atoms with E-state index in [2.05, 4.69) is 0 Å². The minimum Gasteiger partial charge on any atom is -0.508 e.